The summed E-state index contributed by atoms with van der Waals surface area (Å²) >= 11 is 0. The summed E-state index contributed by atoms with van der Waals surface area (Å²) in [7, 11) is 1.48. The van der Waals surface area contributed by atoms with E-state index in [0.717, 1.165) is 0 Å². The second-order valence-electron chi connectivity index (χ2n) is 5.93. The first kappa shape index (κ1) is 20.5. The fourth-order valence-electron chi connectivity index (χ4n) is 2.50. The number of para-hydroxylation sites is 3. The number of ether oxygens (including phenoxy) is 2. The highest BCUT2D eigenvalue weighted by Crippen LogP contribution is 2.23. The molecule has 2 amide bonds. The number of esters is 1. The van der Waals surface area contributed by atoms with Gasteiger partial charge in [0.2, 0.25) is 5.91 Å². The van der Waals surface area contributed by atoms with Crippen molar-refractivity contribution < 1.29 is 23.9 Å². The van der Waals surface area contributed by atoms with Gasteiger partial charge in [-0.15, -0.1) is 5.10 Å². The van der Waals surface area contributed by atoms with Crippen LogP contribution in [0.15, 0.2) is 54.9 Å². The van der Waals surface area contributed by atoms with E-state index in [1.165, 1.54) is 24.2 Å². The second-order valence-corrected chi connectivity index (χ2v) is 5.93. The second kappa shape index (κ2) is 9.78. The van der Waals surface area contributed by atoms with Gasteiger partial charge in [0.25, 0.3) is 5.91 Å². The first-order valence-electron chi connectivity index (χ1n) is 8.76. The van der Waals surface area contributed by atoms with E-state index in [-0.39, 0.29) is 17.8 Å². The van der Waals surface area contributed by atoms with E-state index >= 15 is 0 Å². The molecule has 30 heavy (non-hydrogen) atoms. The van der Waals surface area contributed by atoms with Gasteiger partial charge in [0.05, 0.1) is 24.0 Å². The van der Waals surface area contributed by atoms with Crippen LogP contribution in [0.4, 0.5) is 11.4 Å². The molecule has 154 valence electrons. The number of nitrogens with zero attached hydrogens (tertiary/aromatic N) is 4. The molecule has 3 rings (SSSR count). The molecule has 11 nitrogen and oxygen atoms in total. The molecule has 11 heteroatoms. The number of methoxy groups -OCH3 is 1. The minimum Gasteiger partial charge on any atom is -0.495 e. The van der Waals surface area contributed by atoms with Crippen molar-refractivity contribution in [2.75, 3.05) is 24.4 Å². The number of hydrogen-bond donors (Lipinski definition) is 2. The number of carbonyl (C=O) groups excluding carboxylic acids is 3. The van der Waals surface area contributed by atoms with Crippen LogP contribution in [-0.4, -0.2) is 51.7 Å². The normalized spacial score (nSPS) is 10.2. The molecule has 2 aromatic carbocycles. The monoisotopic (exact) mass is 410 g/mol. The van der Waals surface area contributed by atoms with Gasteiger partial charge < -0.3 is 20.1 Å². The van der Waals surface area contributed by atoms with Crippen LogP contribution in [0.3, 0.4) is 0 Å². The van der Waals surface area contributed by atoms with Crippen molar-refractivity contribution in [3.05, 3.63) is 60.4 Å². The fraction of sp³-hybridized carbons (Fsp3) is 0.158. The third kappa shape index (κ3) is 5.38. The van der Waals surface area contributed by atoms with Gasteiger partial charge in [-0.3, -0.25) is 9.59 Å². The van der Waals surface area contributed by atoms with Crippen molar-refractivity contribution in [2.24, 2.45) is 0 Å². The van der Waals surface area contributed by atoms with E-state index in [9.17, 15) is 14.4 Å². The van der Waals surface area contributed by atoms with Crippen molar-refractivity contribution >= 4 is 29.2 Å². The fourth-order valence-corrected chi connectivity index (χ4v) is 2.50. The lowest BCUT2D eigenvalue weighted by molar-refractivity contribution is -0.119. The number of nitrogens with one attached hydrogen (secondary N) is 2. The predicted octanol–water partition coefficient (Wildman–Crippen LogP) is 1.12. The average molecular weight is 410 g/mol. The standard InChI is InChI=1S/C19H18N6O5/c1-29-16-9-5-4-8-15(16)22-18(27)11-30-19(28)13-6-2-3-7-14(13)21-17(26)10-25-12-20-23-24-25/h2-9,12H,10-11H2,1H3,(H,21,26)(H,22,27). The van der Waals surface area contributed by atoms with Gasteiger partial charge in [-0.25, -0.2) is 9.48 Å². The molecule has 0 aliphatic rings. The lowest BCUT2D eigenvalue weighted by Crippen LogP contribution is -2.23. The third-order valence-electron chi connectivity index (χ3n) is 3.83. The van der Waals surface area contributed by atoms with Crippen LogP contribution in [0.5, 0.6) is 5.75 Å². The van der Waals surface area contributed by atoms with Crippen LogP contribution >= 0.6 is 0 Å². The number of carbonyl (C=O) groups is 3. The van der Waals surface area contributed by atoms with Crippen LogP contribution in [0.25, 0.3) is 0 Å². The summed E-state index contributed by atoms with van der Waals surface area (Å²) in [6.45, 7) is -0.637. The van der Waals surface area contributed by atoms with Gasteiger partial charge in [0.1, 0.15) is 18.6 Å². The number of tetrazole rings is 1. The first-order chi connectivity index (χ1) is 14.6. The predicted molar refractivity (Wildman–Crippen MR) is 105 cm³/mol. The van der Waals surface area contributed by atoms with Gasteiger partial charge in [0.15, 0.2) is 6.61 Å². The van der Waals surface area contributed by atoms with E-state index in [1.54, 1.807) is 42.5 Å². The zero-order valence-electron chi connectivity index (χ0n) is 15.9. The SMILES string of the molecule is COc1ccccc1NC(=O)COC(=O)c1ccccc1NC(=O)Cn1cnnn1. The molecule has 0 atom stereocenters. The maximum Gasteiger partial charge on any atom is 0.340 e. The molecule has 0 saturated carbocycles. The van der Waals surface area contributed by atoms with Gasteiger partial charge in [-0.05, 0) is 34.7 Å². The highest BCUT2D eigenvalue weighted by atomic mass is 16.5. The zero-order chi connectivity index (χ0) is 21.3. The molecule has 0 spiro atoms. The maximum absolute atomic E-state index is 12.4. The molecule has 0 aliphatic heterocycles. The van der Waals surface area contributed by atoms with Gasteiger partial charge in [-0.2, -0.15) is 0 Å². The number of benzene rings is 2. The topological polar surface area (TPSA) is 137 Å². The maximum atomic E-state index is 12.4. The molecule has 0 saturated heterocycles. The van der Waals surface area contributed by atoms with Crippen LogP contribution in [0.1, 0.15) is 10.4 Å². The Hall–Kier alpha value is -4.28. The van der Waals surface area contributed by atoms with Crippen molar-refractivity contribution in [3.8, 4) is 5.75 Å². The first-order valence-corrected chi connectivity index (χ1v) is 8.76. The third-order valence-corrected chi connectivity index (χ3v) is 3.83. The number of rotatable bonds is 8. The van der Waals surface area contributed by atoms with Crippen LogP contribution < -0.4 is 15.4 Å². The summed E-state index contributed by atoms with van der Waals surface area (Å²) in [6.07, 6.45) is 1.29. The molecule has 2 N–H and O–H groups in total. The van der Waals surface area contributed by atoms with E-state index in [0.29, 0.717) is 11.4 Å². The molecule has 1 aromatic heterocycles. The molecule has 1 heterocycles. The summed E-state index contributed by atoms with van der Waals surface area (Å²) in [5.41, 5.74) is 0.801. The molecule has 0 bridgehead atoms. The quantitative estimate of drug-likeness (QED) is 0.527. The zero-order valence-corrected chi connectivity index (χ0v) is 15.9. The highest BCUT2D eigenvalue weighted by molar-refractivity contribution is 6.02. The van der Waals surface area contributed by atoms with Crippen LogP contribution in [0.2, 0.25) is 0 Å². The molecule has 3 aromatic rings. The highest BCUT2D eigenvalue weighted by Gasteiger charge is 2.17. The van der Waals surface area contributed by atoms with Gasteiger partial charge in [0, 0.05) is 0 Å². The average Bonchev–Trinajstić information content (AvgIpc) is 3.25. The smallest absolute Gasteiger partial charge is 0.340 e. The Labute approximate surface area is 171 Å². The number of hydrogen-bond acceptors (Lipinski definition) is 8. The Balaban J connectivity index is 1.59. The summed E-state index contributed by atoms with van der Waals surface area (Å²) < 4.78 is 11.5. The van der Waals surface area contributed by atoms with Crippen molar-refractivity contribution in [2.45, 2.75) is 6.54 Å². The van der Waals surface area contributed by atoms with Gasteiger partial charge >= 0.3 is 5.97 Å². The summed E-state index contributed by atoms with van der Waals surface area (Å²) in [5.74, 6) is -1.25. The lowest BCUT2D eigenvalue weighted by Gasteiger charge is -2.12. The van der Waals surface area contributed by atoms with Crippen LogP contribution in [0, 0.1) is 0 Å². The Morgan fingerprint density at radius 3 is 2.40 bits per heavy atom. The molecular weight excluding hydrogens is 392 g/mol. The molecule has 0 radical (unpaired) electrons. The minimum absolute atomic E-state index is 0.104. The van der Waals surface area contributed by atoms with E-state index < -0.39 is 24.4 Å². The minimum atomic E-state index is -0.761. The van der Waals surface area contributed by atoms with Gasteiger partial charge in [-0.1, -0.05) is 24.3 Å². The van der Waals surface area contributed by atoms with Crippen molar-refractivity contribution in [3.63, 3.8) is 0 Å². The van der Waals surface area contributed by atoms with E-state index in [1.807, 2.05) is 0 Å². The Kier molecular flexibility index (Phi) is 6.66. The Morgan fingerprint density at radius 2 is 1.67 bits per heavy atom. The van der Waals surface area contributed by atoms with E-state index in [2.05, 4.69) is 26.2 Å². The molecule has 0 unspecified atom stereocenters. The Bertz CT molecular complexity index is 1040. The molecule has 0 fully saturated rings. The largest absolute Gasteiger partial charge is 0.495 e. The van der Waals surface area contributed by atoms with E-state index in [4.69, 9.17) is 9.47 Å². The molecular formula is C19H18N6O5. The number of amides is 2. The summed E-state index contributed by atoms with van der Waals surface area (Å²) in [4.78, 5) is 36.7. The van der Waals surface area contributed by atoms with Crippen molar-refractivity contribution in [1.82, 2.24) is 20.2 Å². The summed E-state index contributed by atoms with van der Waals surface area (Å²) in [5, 5.41) is 15.7. The Morgan fingerprint density at radius 1 is 0.967 bits per heavy atom. The summed E-state index contributed by atoms with van der Waals surface area (Å²) in [6, 6.07) is 13.1. The van der Waals surface area contributed by atoms with Crippen LogP contribution in [-0.2, 0) is 20.9 Å². The lowest BCUT2D eigenvalue weighted by atomic mass is 10.2. The molecule has 0 aliphatic carbocycles. The number of aromatic nitrogens is 4. The van der Waals surface area contributed by atoms with Crippen molar-refractivity contribution in [1.29, 1.82) is 0 Å². The number of anilines is 2.